The molecular formula is C23H22N7O2S+. The van der Waals surface area contributed by atoms with Gasteiger partial charge in [0.1, 0.15) is 17.8 Å². The lowest BCUT2D eigenvalue weighted by atomic mass is 9.92. The molecule has 3 heterocycles. The van der Waals surface area contributed by atoms with Gasteiger partial charge in [-0.05, 0) is 49.2 Å². The quantitative estimate of drug-likeness (QED) is 0.497. The minimum Gasteiger partial charge on any atom is -0.340 e. The number of imide groups is 1. The van der Waals surface area contributed by atoms with Gasteiger partial charge in [-0.15, -0.1) is 0 Å². The van der Waals surface area contributed by atoms with Crippen molar-refractivity contribution in [3.63, 3.8) is 0 Å². The molecule has 5 rings (SSSR count). The van der Waals surface area contributed by atoms with Gasteiger partial charge in [0.05, 0.1) is 17.1 Å². The van der Waals surface area contributed by atoms with Crippen molar-refractivity contribution in [2.45, 2.75) is 32.2 Å². The first-order valence-electron chi connectivity index (χ1n) is 10.6. The topological polar surface area (TPSA) is 123 Å². The molecule has 1 saturated heterocycles. The van der Waals surface area contributed by atoms with Crippen molar-refractivity contribution >= 4 is 46.4 Å². The standard InChI is InChI=1S/C23H21N7O2S/c1-13-3-2-4-14(9-13)27-20-17-10-15(5-6-18(17)25-12-26-20)28-22-24-8-7-16(29-22)11-19-21(31)30-23(32)33-19/h2-4,7-9,11-12,15H,5-6,10H2,1H3,(H,24,28,29)(H,25,26,27)(H,30,31,32)/p+1/b19-11-. The number of thioether (sulfide) groups is 1. The molecule has 1 aliphatic carbocycles. The molecule has 0 radical (unpaired) electrons. The van der Waals surface area contributed by atoms with Gasteiger partial charge in [-0.2, -0.15) is 0 Å². The Morgan fingerprint density at radius 3 is 2.97 bits per heavy atom. The van der Waals surface area contributed by atoms with Gasteiger partial charge in [-0.3, -0.25) is 20.2 Å². The summed E-state index contributed by atoms with van der Waals surface area (Å²) in [5.74, 6) is 1.02. The Labute approximate surface area is 194 Å². The highest BCUT2D eigenvalue weighted by atomic mass is 32.2. The molecule has 0 saturated carbocycles. The number of carbonyl (C=O) groups is 2. The number of hydrogen-bond donors (Lipinski definition) is 3. The van der Waals surface area contributed by atoms with Crippen molar-refractivity contribution in [3.8, 4) is 0 Å². The monoisotopic (exact) mass is 460 g/mol. The van der Waals surface area contributed by atoms with Gasteiger partial charge < -0.3 is 5.32 Å². The van der Waals surface area contributed by atoms with Gasteiger partial charge in [0.2, 0.25) is 0 Å². The van der Waals surface area contributed by atoms with E-state index in [-0.39, 0.29) is 11.3 Å². The molecule has 1 aliphatic heterocycles. The summed E-state index contributed by atoms with van der Waals surface area (Å²) in [6.45, 7) is 2.06. The third-order valence-electron chi connectivity index (χ3n) is 5.47. The molecule has 1 aromatic carbocycles. The highest BCUT2D eigenvalue weighted by molar-refractivity contribution is 8.18. The SMILES string of the molecule is Cc1cccc(Nc2ncnc3c2CC(Nc2nc(/C=C4\SC(=O)NC4=O)cc[nH+]2)CC3)c1. The Morgan fingerprint density at radius 2 is 2.15 bits per heavy atom. The van der Waals surface area contributed by atoms with Crippen LogP contribution in [0.2, 0.25) is 0 Å². The number of amides is 2. The number of fused-ring (bicyclic) bond motifs is 1. The Hall–Kier alpha value is -3.79. The Kier molecular flexibility index (Phi) is 5.74. The van der Waals surface area contributed by atoms with E-state index in [1.807, 2.05) is 12.1 Å². The zero-order chi connectivity index (χ0) is 22.8. The van der Waals surface area contributed by atoms with Crippen LogP contribution in [0.15, 0.2) is 47.8 Å². The van der Waals surface area contributed by atoms with E-state index in [1.54, 1.807) is 24.7 Å². The fraction of sp³-hybridized carbons (Fsp3) is 0.217. The van der Waals surface area contributed by atoms with Crippen molar-refractivity contribution in [1.29, 1.82) is 0 Å². The van der Waals surface area contributed by atoms with Crippen LogP contribution in [0.5, 0.6) is 0 Å². The van der Waals surface area contributed by atoms with E-state index in [0.29, 0.717) is 16.5 Å². The second-order valence-electron chi connectivity index (χ2n) is 7.94. The number of nitrogens with zero attached hydrogens (tertiary/aromatic N) is 3. The molecule has 4 N–H and O–H groups in total. The van der Waals surface area contributed by atoms with Gasteiger partial charge in [-0.25, -0.2) is 15.0 Å². The van der Waals surface area contributed by atoms with Crippen LogP contribution in [0, 0.1) is 6.92 Å². The molecule has 2 amide bonds. The Morgan fingerprint density at radius 1 is 1.24 bits per heavy atom. The maximum Gasteiger partial charge on any atom is 0.389 e. The third-order valence-corrected chi connectivity index (χ3v) is 6.28. The summed E-state index contributed by atoms with van der Waals surface area (Å²) < 4.78 is 0. The maximum absolute atomic E-state index is 11.8. The summed E-state index contributed by atoms with van der Waals surface area (Å²) in [6.07, 6.45) is 7.46. The van der Waals surface area contributed by atoms with Crippen LogP contribution >= 0.6 is 11.8 Å². The van der Waals surface area contributed by atoms with E-state index in [0.717, 1.165) is 53.8 Å². The molecule has 166 valence electrons. The molecule has 3 aromatic rings. The predicted octanol–water partition coefficient (Wildman–Crippen LogP) is 3.03. The maximum atomic E-state index is 11.8. The highest BCUT2D eigenvalue weighted by Crippen LogP contribution is 2.29. The second-order valence-corrected chi connectivity index (χ2v) is 8.96. The number of aromatic amines is 1. The first-order chi connectivity index (χ1) is 16.0. The predicted molar refractivity (Wildman–Crippen MR) is 126 cm³/mol. The van der Waals surface area contributed by atoms with E-state index in [9.17, 15) is 9.59 Å². The lowest BCUT2D eigenvalue weighted by Gasteiger charge is -2.24. The Bertz CT molecular complexity index is 1280. The number of hydrogen-bond acceptors (Lipinski definition) is 8. The first-order valence-corrected chi connectivity index (χ1v) is 11.4. The summed E-state index contributed by atoms with van der Waals surface area (Å²) in [4.78, 5) is 40.2. The van der Waals surface area contributed by atoms with Gasteiger partial charge in [0, 0.05) is 35.5 Å². The fourth-order valence-corrected chi connectivity index (χ4v) is 4.60. The Balaban J connectivity index is 1.32. The largest absolute Gasteiger partial charge is 0.389 e. The van der Waals surface area contributed by atoms with Crippen molar-refractivity contribution in [1.82, 2.24) is 20.3 Å². The zero-order valence-corrected chi connectivity index (χ0v) is 18.7. The average Bonchev–Trinajstić information content (AvgIpc) is 3.11. The summed E-state index contributed by atoms with van der Waals surface area (Å²) >= 11 is 0.875. The molecule has 9 nitrogen and oxygen atoms in total. The van der Waals surface area contributed by atoms with Crippen molar-refractivity contribution < 1.29 is 14.6 Å². The van der Waals surface area contributed by atoms with Crippen LogP contribution in [0.1, 0.15) is 28.9 Å². The number of H-pyrrole nitrogens is 1. The van der Waals surface area contributed by atoms with Crippen LogP contribution in [-0.2, 0) is 17.6 Å². The molecule has 0 bridgehead atoms. The minimum atomic E-state index is -0.397. The lowest BCUT2D eigenvalue weighted by molar-refractivity contribution is -0.365. The van der Waals surface area contributed by atoms with E-state index in [2.05, 4.69) is 54.9 Å². The molecule has 2 aliphatic rings. The number of carbonyl (C=O) groups excluding carboxylic acids is 2. The zero-order valence-electron chi connectivity index (χ0n) is 17.9. The molecular weight excluding hydrogens is 438 g/mol. The number of anilines is 3. The van der Waals surface area contributed by atoms with Gasteiger partial charge in [0.25, 0.3) is 11.1 Å². The summed E-state index contributed by atoms with van der Waals surface area (Å²) in [5.41, 5.74) is 4.91. The molecule has 1 atom stereocenters. The fourth-order valence-electron chi connectivity index (χ4n) is 3.94. The number of aryl methyl sites for hydroxylation is 2. The molecule has 10 heteroatoms. The van der Waals surface area contributed by atoms with E-state index in [4.69, 9.17) is 0 Å². The molecule has 2 aromatic heterocycles. The number of nitrogens with one attached hydrogen (secondary N) is 4. The van der Waals surface area contributed by atoms with Gasteiger partial charge in [-0.1, -0.05) is 17.1 Å². The summed E-state index contributed by atoms with van der Waals surface area (Å²) in [5, 5.41) is 8.77. The first kappa shape index (κ1) is 21.1. The van der Waals surface area contributed by atoms with Crippen LogP contribution in [0.25, 0.3) is 6.08 Å². The average molecular weight is 461 g/mol. The molecule has 1 unspecified atom stereocenters. The van der Waals surface area contributed by atoms with Crippen LogP contribution in [0.4, 0.5) is 22.2 Å². The van der Waals surface area contributed by atoms with E-state index in [1.165, 1.54) is 5.56 Å². The van der Waals surface area contributed by atoms with Gasteiger partial charge >= 0.3 is 5.95 Å². The minimum absolute atomic E-state index is 0.138. The van der Waals surface area contributed by atoms with Crippen molar-refractivity contribution in [3.05, 3.63) is 70.3 Å². The smallest absolute Gasteiger partial charge is 0.340 e. The number of benzene rings is 1. The summed E-state index contributed by atoms with van der Waals surface area (Å²) in [7, 11) is 0. The van der Waals surface area contributed by atoms with Crippen molar-refractivity contribution in [2.24, 2.45) is 0 Å². The molecule has 33 heavy (non-hydrogen) atoms. The highest BCUT2D eigenvalue weighted by Gasteiger charge is 2.28. The molecule has 0 spiro atoms. The van der Waals surface area contributed by atoms with Crippen LogP contribution in [-0.4, -0.2) is 32.1 Å². The second kappa shape index (κ2) is 8.99. The van der Waals surface area contributed by atoms with E-state index < -0.39 is 5.91 Å². The number of rotatable bonds is 5. The number of aromatic nitrogens is 4. The molecule has 1 fully saturated rings. The third kappa shape index (κ3) is 4.85. The van der Waals surface area contributed by atoms with Crippen LogP contribution in [0.3, 0.4) is 0 Å². The normalized spacial score (nSPS) is 18.7. The summed E-state index contributed by atoms with van der Waals surface area (Å²) in [6, 6.07) is 10.1. The van der Waals surface area contributed by atoms with Crippen LogP contribution < -0.4 is 20.9 Å². The van der Waals surface area contributed by atoms with Gasteiger partial charge in [0.15, 0.2) is 0 Å². The lowest BCUT2D eigenvalue weighted by Crippen LogP contribution is -2.32. The van der Waals surface area contributed by atoms with Crippen molar-refractivity contribution in [2.75, 3.05) is 10.6 Å². The van der Waals surface area contributed by atoms with E-state index >= 15 is 0 Å².